The van der Waals surface area contributed by atoms with Crippen molar-refractivity contribution in [3.8, 4) is 0 Å². The Kier molecular flexibility index (Phi) is 2.91. The summed E-state index contributed by atoms with van der Waals surface area (Å²) in [6, 6.07) is 3.53. The molecule has 0 unspecified atom stereocenters. The zero-order chi connectivity index (χ0) is 9.30. The van der Waals surface area contributed by atoms with E-state index in [1.807, 2.05) is 13.0 Å². The molecule has 12 heavy (non-hydrogen) atoms. The number of carbonyl (C=O) groups is 1. The van der Waals surface area contributed by atoms with Gasteiger partial charge in [-0.15, -0.1) is 0 Å². The standard InChI is InChI=1S/C9H8BrClO/c1-5-3-8(10)7(6(2)12)4-9(5)11/h3-4H,1-2H3. The fourth-order valence-electron chi connectivity index (χ4n) is 0.916. The summed E-state index contributed by atoms with van der Waals surface area (Å²) >= 11 is 9.16. The van der Waals surface area contributed by atoms with E-state index in [-0.39, 0.29) is 5.78 Å². The lowest BCUT2D eigenvalue weighted by molar-refractivity contribution is 0.101. The Morgan fingerprint density at radius 3 is 2.58 bits per heavy atom. The molecule has 3 heteroatoms. The van der Waals surface area contributed by atoms with Crippen molar-refractivity contribution in [3.63, 3.8) is 0 Å². The van der Waals surface area contributed by atoms with Crippen LogP contribution in [0.3, 0.4) is 0 Å². The quantitative estimate of drug-likeness (QED) is 0.693. The molecular formula is C9H8BrClO. The lowest BCUT2D eigenvalue weighted by Gasteiger charge is -2.03. The Bertz CT molecular complexity index is 334. The lowest BCUT2D eigenvalue weighted by Crippen LogP contribution is -1.94. The van der Waals surface area contributed by atoms with Crippen LogP contribution < -0.4 is 0 Å². The van der Waals surface area contributed by atoms with Crippen molar-refractivity contribution < 1.29 is 4.79 Å². The van der Waals surface area contributed by atoms with Crippen molar-refractivity contribution >= 4 is 33.3 Å². The van der Waals surface area contributed by atoms with Gasteiger partial charge < -0.3 is 0 Å². The van der Waals surface area contributed by atoms with Gasteiger partial charge >= 0.3 is 0 Å². The number of aryl methyl sites for hydroxylation is 1. The molecule has 0 aliphatic heterocycles. The van der Waals surface area contributed by atoms with E-state index in [9.17, 15) is 4.79 Å². The van der Waals surface area contributed by atoms with Gasteiger partial charge in [-0.2, -0.15) is 0 Å². The molecule has 0 bridgehead atoms. The van der Waals surface area contributed by atoms with Gasteiger partial charge in [-0.25, -0.2) is 0 Å². The molecule has 0 atom stereocenters. The van der Waals surface area contributed by atoms with Gasteiger partial charge in [0, 0.05) is 15.1 Å². The Labute approximate surface area is 84.9 Å². The van der Waals surface area contributed by atoms with Crippen LogP contribution in [0.15, 0.2) is 16.6 Å². The third-order valence-electron chi connectivity index (χ3n) is 1.63. The molecule has 0 aliphatic rings. The number of Topliss-reactive ketones (excluding diaryl/α,β-unsaturated/α-hetero) is 1. The highest BCUT2D eigenvalue weighted by molar-refractivity contribution is 9.10. The van der Waals surface area contributed by atoms with Crippen LogP contribution in [0.2, 0.25) is 5.02 Å². The van der Waals surface area contributed by atoms with Crippen LogP contribution in [0, 0.1) is 6.92 Å². The number of carbonyl (C=O) groups excluding carboxylic acids is 1. The van der Waals surface area contributed by atoms with Gasteiger partial charge in [-0.05, 0) is 31.5 Å². The van der Waals surface area contributed by atoms with Crippen LogP contribution in [0.1, 0.15) is 22.8 Å². The molecule has 0 saturated carbocycles. The van der Waals surface area contributed by atoms with Crippen LogP contribution >= 0.6 is 27.5 Å². The van der Waals surface area contributed by atoms with Crippen molar-refractivity contribution in [2.45, 2.75) is 13.8 Å². The number of ketones is 1. The van der Waals surface area contributed by atoms with Crippen LogP contribution in [-0.4, -0.2) is 5.78 Å². The summed E-state index contributed by atoms with van der Waals surface area (Å²) in [6.45, 7) is 3.42. The van der Waals surface area contributed by atoms with Crippen molar-refractivity contribution in [2.24, 2.45) is 0 Å². The predicted molar refractivity (Wildman–Crippen MR) is 53.9 cm³/mol. The van der Waals surface area contributed by atoms with Gasteiger partial charge in [0.1, 0.15) is 0 Å². The summed E-state index contributed by atoms with van der Waals surface area (Å²) in [5.41, 5.74) is 1.60. The van der Waals surface area contributed by atoms with Crippen LogP contribution in [-0.2, 0) is 0 Å². The van der Waals surface area contributed by atoms with Gasteiger partial charge in [-0.3, -0.25) is 4.79 Å². The zero-order valence-corrected chi connectivity index (χ0v) is 9.16. The second-order valence-corrected chi connectivity index (χ2v) is 3.90. The van der Waals surface area contributed by atoms with E-state index in [2.05, 4.69) is 15.9 Å². The van der Waals surface area contributed by atoms with Crippen molar-refractivity contribution in [3.05, 3.63) is 32.8 Å². The minimum Gasteiger partial charge on any atom is -0.294 e. The molecule has 1 rings (SSSR count). The molecule has 0 amide bonds. The number of rotatable bonds is 1. The molecule has 1 nitrogen and oxygen atoms in total. The number of benzene rings is 1. The topological polar surface area (TPSA) is 17.1 Å². The van der Waals surface area contributed by atoms with Crippen LogP contribution in [0.4, 0.5) is 0 Å². The fraction of sp³-hybridized carbons (Fsp3) is 0.222. The Morgan fingerprint density at radius 2 is 2.08 bits per heavy atom. The molecular weight excluding hydrogens is 239 g/mol. The van der Waals surface area contributed by atoms with Gasteiger partial charge in [-0.1, -0.05) is 27.5 Å². The van der Waals surface area contributed by atoms with Gasteiger partial charge in [0.15, 0.2) is 5.78 Å². The highest BCUT2D eigenvalue weighted by atomic mass is 79.9. The average molecular weight is 248 g/mol. The largest absolute Gasteiger partial charge is 0.294 e. The number of hydrogen-bond donors (Lipinski definition) is 0. The third-order valence-corrected chi connectivity index (χ3v) is 2.69. The minimum absolute atomic E-state index is 0.0174. The van der Waals surface area contributed by atoms with Crippen LogP contribution in [0.25, 0.3) is 0 Å². The summed E-state index contributed by atoms with van der Waals surface area (Å²) in [4.78, 5) is 11.0. The van der Waals surface area contributed by atoms with E-state index in [0.717, 1.165) is 10.0 Å². The zero-order valence-electron chi connectivity index (χ0n) is 6.82. The molecule has 0 heterocycles. The first-order chi connectivity index (χ1) is 5.52. The molecule has 1 aromatic carbocycles. The summed E-state index contributed by atoms with van der Waals surface area (Å²) in [7, 11) is 0. The van der Waals surface area contributed by atoms with Gasteiger partial charge in [0.25, 0.3) is 0 Å². The minimum atomic E-state index is 0.0174. The third kappa shape index (κ3) is 1.87. The molecule has 1 aromatic rings. The number of hydrogen-bond acceptors (Lipinski definition) is 1. The predicted octanol–water partition coefficient (Wildman–Crippen LogP) is 3.61. The number of halogens is 2. The van der Waals surface area contributed by atoms with Crippen LogP contribution in [0.5, 0.6) is 0 Å². The Hall–Kier alpha value is -0.340. The van der Waals surface area contributed by atoms with E-state index < -0.39 is 0 Å². The van der Waals surface area contributed by atoms with Gasteiger partial charge in [0.05, 0.1) is 0 Å². The summed E-state index contributed by atoms with van der Waals surface area (Å²) in [6.07, 6.45) is 0. The molecule has 0 aliphatic carbocycles. The monoisotopic (exact) mass is 246 g/mol. The molecule has 0 radical (unpaired) electrons. The summed E-state index contributed by atoms with van der Waals surface area (Å²) in [5, 5.41) is 0.628. The highest BCUT2D eigenvalue weighted by Gasteiger charge is 2.07. The van der Waals surface area contributed by atoms with E-state index in [1.165, 1.54) is 6.92 Å². The fourth-order valence-corrected chi connectivity index (χ4v) is 1.82. The molecule has 0 aromatic heterocycles. The Balaban J connectivity index is 3.33. The van der Waals surface area contributed by atoms with Crippen molar-refractivity contribution in [1.82, 2.24) is 0 Å². The molecule has 0 N–H and O–H groups in total. The van der Waals surface area contributed by atoms with E-state index in [4.69, 9.17) is 11.6 Å². The molecule has 0 spiro atoms. The normalized spacial score (nSPS) is 10.0. The molecule has 0 saturated heterocycles. The van der Waals surface area contributed by atoms with E-state index in [0.29, 0.717) is 10.6 Å². The molecule has 64 valence electrons. The van der Waals surface area contributed by atoms with E-state index >= 15 is 0 Å². The first-order valence-corrected chi connectivity index (χ1v) is 4.66. The molecule has 0 fully saturated rings. The summed E-state index contributed by atoms with van der Waals surface area (Å²) < 4.78 is 0.803. The van der Waals surface area contributed by atoms with Gasteiger partial charge in [0.2, 0.25) is 0 Å². The second kappa shape index (κ2) is 3.58. The maximum Gasteiger partial charge on any atom is 0.160 e. The highest BCUT2D eigenvalue weighted by Crippen LogP contribution is 2.25. The Morgan fingerprint density at radius 1 is 1.50 bits per heavy atom. The second-order valence-electron chi connectivity index (χ2n) is 2.64. The average Bonchev–Trinajstić information content (AvgIpc) is 1.96. The maximum absolute atomic E-state index is 11.0. The summed E-state index contributed by atoms with van der Waals surface area (Å²) in [5.74, 6) is 0.0174. The maximum atomic E-state index is 11.0. The first-order valence-electron chi connectivity index (χ1n) is 3.49. The lowest BCUT2D eigenvalue weighted by atomic mass is 10.1. The smallest absolute Gasteiger partial charge is 0.160 e. The van der Waals surface area contributed by atoms with E-state index in [1.54, 1.807) is 6.07 Å². The SMILES string of the molecule is CC(=O)c1cc(Cl)c(C)cc1Br. The first kappa shape index (κ1) is 9.75. The van der Waals surface area contributed by atoms with Crippen molar-refractivity contribution in [1.29, 1.82) is 0 Å². The van der Waals surface area contributed by atoms with Crippen molar-refractivity contribution in [2.75, 3.05) is 0 Å².